The Bertz CT molecular complexity index is 792. The van der Waals surface area contributed by atoms with Crippen LogP contribution in [0.25, 0.3) is 11.0 Å². The van der Waals surface area contributed by atoms with Gasteiger partial charge in [-0.1, -0.05) is 44.2 Å². The minimum atomic E-state index is 0.178. The predicted octanol–water partition coefficient (Wildman–Crippen LogP) is 4.49. The third kappa shape index (κ3) is 4.02. The van der Waals surface area contributed by atoms with Crippen molar-refractivity contribution < 1.29 is 4.74 Å². The number of aromatic amines is 1. The van der Waals surface area contributed by atoms with Gasteiger partial charge in [-0.05, 0) is 43.0 Å². The number of ether oxygens (including phenoxy) is 1. The van der Waals surface area contributed by atoms with E-state index in [9.17, 15) is 0 Å². The van der Waals surface area contributed by atoms with E-state index in [4.69, 9.17) is 9.72 Å². The fraction of sp³-hybridized carbons (Fsp3) is 0.381. The highest BCUT2D eigenvalue weighted by Crippen LogP contribution is 2.24. The Hall–Kier alpha value is -2.33. The Morgan fingerprint density at radius 1 is 1.04 bits per heavy atom. The van der Waals surface area contributed by atoms with E-state index in [1.54, 1.807) is 7.11 Å². The summed E-state index contributed by atoms with van der Waals surface area (Å²) in [6.07, 6.45) is 0.910. The number of hydrogen-bond donors (Lipinski definition) is 2. The van der Waals surface area contributed by atoms with E-state index >= 15 is 0 Å². The molecule has 2 N–H and O–H groups in total. The maximum Gasteiger partial charge on any atom is 0.124 e. The van der Waals surface area contributed by atoms with Crippen LogP contribution in [0.4, 0.5) is 0 Å². The highest BCUT2D eigenvalue weighted by atomic mass is 16.5. The molecule has 1 aromatic heterocycles. The molecule has 0 aliphatic carbocycles. The number of fused-ring (bicyclic) bond motifs is 1. The molecule has 25 heavy (non-hydrogen) atoms. The molecule has 0 radical (unpaired) electrons. The second kappa shape index (κ2) is 7.70. The quantitative estimate of drug-likeness (QED) is 0.668. The van der Waals surface area contributed by atoms with Crippen LogP contribution in [0, 0.1) is 5.92 Å². The average molecular weight is 337 g/mol. The summed E-state index contributed by atoms with van der Waals surface area (Å²) in [5.74, 6) is 2.38. The van der Waals surface area contributed by atoms with Crippen LogP contribution in [-0.4, -0.2) is 23.1 Å². The molecular formula is C21H27N3O. The van der Waals surface area contributed by atoms with Crippen molar-refractivity contribution in [2.75, 3.05) is 7.11 Å². The van der Waals surface area contributed by atoms with Crippen LogP contribution < -0.4 is 10.1 Å². The van der Waals surface area contributed by atoms with Crippen molar-refractivity contribution in [2.24, 2.45) is 5.92 Å². The molecule has 1 heterocycles. The van der Waals surface area contributed by atoms with Gasteiger partial charge in [-0.3, -0.25) is 0 Å². The molecule has 0 saturated carbocycles. The van der Waals surface area contributed by atoms with Gasteiger partial charge >= 0.3 is 0 Å². The first-order valence-corrected chi connectivity index (χ1v) is 8.91. The lowest BCUT2D eigenvalue weighted by atomic mass is 10.00. The van der Waals surface area contributed by atoms with Gasteiger partial charge in [0.25, 0.3) is 0 Å². The molecule has 2 aromatic carbocycles. The number of imidazole rings is 1. The van der Waals surface area contributed by atoms with Crippen LogP contribution in [0.1, 0.15) is 38.2 Å². The minimum absolute atomic E-state index is 0.178. The Balaban J connectivity index is 1.77. The van der Waals surface area contributed by atoms with Crippen molar-refractivity contribution in [1.82, 2.24) is 15.3 Å². The number of hydrogen-bond acceptors (Lipinski definition) is 3. The predicted molar refractivity (Wildman–Crippen MR) is 103 cm³/mol. The third-order valence-corrected chi connectivity index (χ3v) is 4.55. The highest BCUT2D eigenvalue weighted by molar-refractivity contribution is 5.74. The van der Waals surface area contributed by atoms with E-state index in [0.717, 1.165) is 29.0 Å². The lowest BCUT2D eigenvalue weighted by Crippen LogP contribution is -2.35. The second-order valence-electron chi connectivity index (χ2n) is 6.94. The maximum atomic E-state index is 5.48. The lowest BCUT2D eigenvalue weighted by Gasteiger charge is -2.25. The van der Waals surface area contributed by atoms with Crippen LogP contribution in [-0.2, 0) is 6.42 Å². The van der Waals surface area contributed by atoms with Crippen molar-refractivity contribution in [3.05, 3.63) is 59.9 Å². The molecule has 3 aromatic rings. The first-order chi connectivity index (χ1) is 12.1. The maximum absolute atomic E-state index is 5.48. The number of para-hydroxylation sites is 3. The van der Waals surface area contributed by atoms with E-state index in [1.165, 1.54) is 5.56 Å². The summed E-state index contributed by atoms with van der Waals surface area (Å²) in [5, 5.41) is 3.74. The second-order valence-corrected chi connectivity index (χ2v) is 6.94. The molecule has 0 amide bonds. The Morgan fingerprint density at radius 2 is 1.76 bits per heavy atom. The van der Waals surface area contributed by atoms with E-state index in [2.05, 4.69) is 49.3 Å². The summed E-state index contributed by atoms with van der Waals surface area (Å²) in [5.41, 5.74) is 3.32. The molecule has 0 spiro atoms. The standard InChI is InChI=1S/C21H27N3O/c1-14(2)20(21-23-17-10-6-7-11-18(17)24-21)22-15(3)13-16-9-5-8-12-19(16)25-4/h5-12,14-15,20,22H,13H2,1-4H3,(H,23,24)/t15-,20-/m1/s1. The van der Waals surface area contributed by atoms with Gasteiger partial charge < -0.3 is 15.0 Å². The van der Waals surface area contributed by atoms with E-state index in [-0.39, 0.29) is 6.04 Å². The smallest absolute Gasteiger partial charge is 0.124 e. The molecule has 2 atom stereocenters. The van der Waals surface area contributed by atoms with Gasteiger partial charge in [0.2, 0.25) is 0 Å². The summed E-state index contributed by atoms with van der Waals surface area (Å²) in [6.45, 7) is 6.66. The topological polar surface area (TPSA) is 49.9 Å². The van der Waals surface area contributed by atoms with Crippen molar-refractivity contribution in [2.45, 2.75) is 39.3 Å². The van der Waals surface area contributed by atoms with Gasteiger partial charge in [0.1, 0.15) is 11.6 Å². The number of nitrogens with zero attached hydrogens (tertiary/aromatic N) is 1. The monoisotopic (exact) mass is 337 g/mol. The van der Waals surface area contributed by atoms with Crippen LogP contribution >= 0.6 is 0 Å². The SMILES string of the molecule is COc1ccccc1C[C@@H](C)N[C@@H](c1nc2ccccc2[nH]1)C(C)C. The normalized spacial score (nSPS) is 14.0. The fourth-order valence-corrected chi connectivity index (χ4v) is 3.27. The summed E-state index contributed by atoms with van der Waals surface area (Å²) >= 11 is 0. The highest BCUT2D eigenvalue weighted by Gasteiger charge is 2.22. The molecule has 4 nitrogen and oxygen atoms in total. The summed E-state index contributed by atoms with van der Waals surface area (Å²) in [6, 6.07) is 16.9. The first-order valence-electron chi connectivity index (χ1n) is 8.91. The molecule has 0 unspecified atom stereocenters. The largest absolute Gasteiger partial charge is 0.496 e. The molecule has 0 saturated heterocycles. The molecular weight excluding hydrogens is 310 g/mol. The van der Waals surface area contributed by atoms with Crippen molar-refractivity contribution in [1.29, 1.82) is 0 Å². The molecule has 132 valence electrons. The number of benzene rings is 2. The van der Waals surface area contributed by atoms with Crippen LogP contribution in [0.15, 0.2) is 48.5 Å². The molecule has 0 fully saturated rings. The van der Waals surface area contributed by atoms with Crippen molar-refractivity contribution in [3.63, 3.8) is 0 Å². The van der Waals surface area contributed by atoms with Crippen molar-refractivity contribution >= 4 is 11.0 Å². The summed E-state index contributed by atoms with van der Waals surface area (Å²) in [4.78, 5) is 8.26. The van der Waals surface area contributed by atoms with E-state index < -0.39 is 0 Å². The van der Waals surface area contributed by atoms with E-state index in [0.29, 0.717) is 12.0 Å². The fourth-order valence-electron chi connectivity index (χ4n) is 3.27. The lowest BCUT2D eigenvalue weighted by molar-refractivity contribution is 0.352. The molecule has 3 rings (SSSR count). The number of H-pyrrole nitrogens is 1. The van der Waals surface area contributed by atoms with Crippen LogP contribution in [0.3, 0.4) is 0 Å². The summed E-state index contributed by atoms with van der Waals surface area (Å²) in [7, 11) is 1.72. The number of rotatable bonds is 7. The van der Waals surface area contributed by atoms with Gasteiger partial charge in [0.05, 0.1) is 24.2 Å². The molecule has 4 heteroatoms. The molecule has 0 aliphatic rings. The zero-order valence-corrected chi connectivity index (χ0v) is 15.4. The first kappa shape index (κ1) is 17.5. The Morgan fingerprint density at radius 3 is 2.48 bits per heavy atom. The minimum Gasteiger partial charge on any atom is -0.496 e. The van der Waals surface area contributed by atoms with Gasteiger partial charge in [-0.25, -0.2) is 4.98 Å². The average Bonchev–Trinajstić information content (AvgIpc) is 3.03. The zero-order chi connectivity index (χ0) is 17.8. The zero-order valence-electron chi connectivity index (χ0n) is 15.4. The Labute approximate surface area is 149 Å². The number of nitrogens with one attached hydrogen (secondary N) is 2. The van der Waals surface area contributed by atoms with Crippen LogP contribution in [0.2, 0.25) is 0 Å². The molecule has 0 bridgehead atoms. The third-order valence-electron chi connectivity index (χ3n) is 4.55. The van der Waals surface area contributed by atoms with E-state index in [1.807, 2.05) is 30.3 Å². The summed E-state index contributed by atoms with van der Waals surface area (Å²) < 4.78 is 5.48. The van der Waals surface area contributed by atoms with Crippen LogP contribution in [0.5, 0.6) is 5.75 Å². The molecule has 0 aliphatic heterocycles. The van der Waals surface area contributed by atoms with Gasteiger partial charge in [-0.2, -0.15) is 0 Å². The Kier molecular flexibility index (Phi) is 5.39. The van der Waals surface area contributed by atoms with Gasteiger partial charge in [0.15, 0.2) is 0 Å². The van der Waals surface area contributed by atoms with Crippen molar-refractivity contribution in [3.8, 4) is 5.75 Å². The number of aromatic nitrogens is 2. The van der Waals surface area contributed by atoms with Gasteiger partial charge in [-0.15, -0.1) is 0 Å². The van der Waals surface area contributed by atoms with Gasteiger partial charge in [0, 0.05) is 6.04 Å². The number of methoxy groups -OCH3 is 1.